The number of rotatable bonds is 6. The second-order valence-electron chi connectivity index (χ2n) is 10.3. The van der Waals surface area contributed by atoms with Gasteiger partial charge in [-0.1, -0.05) is 26.0 Å². The second-order valence-corrected chi connectivity index (χ2v) is 10.3. The second kappa shape index (κ2) is 9.16. The van der Waals surface area contributed by atoms with E-state index in [0.717, 1.165) is 17.1 Å². The van der Waals surface area contributed by atoms with Crippen LogP contribution in [0.15, 0.2) is 66.2 Å². The highest BCUT2D eigenvalue weighted by atomic mass is 16.5. The number of methoxy groups -OCH3 is 2. The lowest BCUT2D eigenvalue weighted by Crippen LogP contribution is -2.33. The molecule has 2 aliphatic rings. The van der Waals surface area contributed by atoms with Crippen molar-refractivity contribution < 1.29 is 23.7 Å². The third-order valence-electron chi connectivity index (χ3n) is 6.98. The zero-order valence-corrected chi connectivity index (χ0v) is 21.7. The van der Waals surface area contributed by atoms with E-state index in [1.165, 1.54) is 0 Å². The predicted octanol–water partition coefficient (Wildman–Crippen LogP) is 4.89. The van der Waals surface area contributed by atoms with Gasteiger partial charge < -0.3 is 18.9 Å². The highest BCUT2D eigenvalue weighted by Gasteiger charge is 2.44. The molecule has 1 atom stereocenters. The number of fused-ring (bicyclic) bond motifs is 3. The van der Waals surface area contributed by atoms with E-state index in [1.54, 1.807) is 25.1 Å². The molecule has 0 spiro atoms. The largest absolute Gasteiger partial charge is 0.497 e. The van der Waals surface area contributed by atoms with E-state index in [0.29, 0.717) is 52.8 Å². The van der Waals surface area contributed by atoms with Gasteiger partial charge in [0.1, 0.15) is 35.9 Å². The van der Waals surface area contributed by atoms with Crippen LogP contribution in [0.1, 0.15) is 49.6 Å². The summed E-state index contributed by atoms with van der Waals surface area (Å²) < 4.78 is 24.4. The first kappa shape index (κ1) is 24.0. The highest BCUT2D eigenvalue weighted by Crippen LogP contribution is 2.50. The predicted molar refractivity (Wildman–Crippen MR) is 139 cm³/mol. The number of ketones is 1. The summed E-state index contributed by atoms with van der Waals surface area (Å²) in [6.07, 6.45) is 2.69. The van der Waals surface area contributed by atoms with Crippen molar-refractivity contribution in [2.75, 3.05) is 14.2 Å². The molecule has 2 aromatic carbocycles. The van der Waals surface area contributed by atoms with Gasteiger partial charge in [-0.25, -0.2) is 14.5 Å². The number of benzene rings is 2. The van der Waals surface area contributed by atoms with Gasteiger partial charge in [0.25, 0.3) is 0 Å². The van der Waals surface area contributed by atoms with Gasteiger partial charge in [0, 0.05) is 24.3 Å². The number of hydrogen-bond acceptors (Lipinski definition) is 8. The Bertz CT molecular complexity index is 1550. The Morgan fingerprint density at radius 1 is 0.974 bits per heavy atom. The summed E-state index contributed by atoms with van der Waals surface area (Å²) in [5.41, 5.74) is 2.70. The van der Waals surface area contributed by atoms with Crippen molar-refractivity contribution in [3.63, 3.8) is 0 Å². The van der Waals surface area contributed by atoms with Crippen LogP contribution in [0.3, 0.4) is 0 Å². The molecule has 9 heteroatoms. The summed E-state index contributed by atoms with van der Waals surface area (Å²) in [7, 11) is 3.25. The van der Waals surface area contributed by atoms with E-state index < -0.39 is 0 Å². The molecule has 6 rings (SSSR count). The lowest BCUT2D eigenvalue weighted by molar-refractivity contribution is -0.118. The van der Waals surface area contributed by atoms with E-state index in [1.807, 2.05) is 48.5 Å². The molecule has 0 unspecified atom stereocenters. The molecule has 1 aliphatic heterocycles. The Labute approximate surface area is 220 Å². The minimum absolute atomic E-state index is 0.0762. The lowest BCUT2D eigenvalue weighted by Gasteiger charge is -2.37. The van der Waals surface area contributed by atoms with E-state index in [-0.39, 0.29) is 23.7 Å². The fraction of sp³-hybridized carbons (Fsp3) is 0.310. The molecule has 2 aromatic heterocycles. The number of nitrogens with zero attached hydrogens (tertiary/aromatic N) is 4. The quantitative estimate of drug-likeness (QED) is 0.360. The zero-order valence-electron chi connectivity index (χ0n) is 21.7. The average Bonchev–Trinajstić information content (AvgIpc) is 3.34. The number of allylic oxidation sites excluding steroid dienone is 2. The first-order valence-electron chi connectivity index (χ1n) is 12.4. The molecule has 0 fully saturated rings. The van der Waals surface area contributed by atoms with Crippen LogP contribution >= 0.6 is 0 Å². The maximum Gasteiger partial charge on any atom is 0.228 e. The minimum Gasteiger partial charge on any atom is -0.497 e. The van der Waals surface area contributed by atoms with Crippen LogP contribution in [0.5, 0.6) is 23.1 Å². The Hall–Kier alpha value is -4.40. The van der Waals surface area contributed by atoms with Crippen molar-refractivity contribution in [1.29, 1.82) is 0 Å². The van der Waals surface area contributed by atoms with Gasteiger partial charge in [-0.15, -0.1) is 5.10 Å². The van der Waals surface area contributed by atoms with E-state index in [2.05, 4.69) is 23.9 Å². The van der Waals surface area contributed by atoms with Crippen molar-refractivity contribution >= 4 is 11.4 Å². The molecule has 3 heterocycles. The molecule has 0 saturated carbocycles. The Morgan fingerprint density at radius 2 is 1.63 bits per heavy atom. The van der Waals surface area contributed by atoms with Gasteiger partial charge in [-0.3, -0.25) is 4.79 Å². The van der Waals surface area contributed by atoms with Crippen LogP contribution in [-0.2, 0) is 11.4 Å². The summed E-state index contributed by atoms with van der Waals surface area (Å²) in [6, 6.07) is 15.1. The first-order valence-corrected chi connectivity index (χ1v) is 12.4. The van der Waals surface area contributed by atoms with Crippen molar-refractivity contribution in [3.8, 4) is 23.1 Å². The van der Waals surface area contributed by atoms with Gasteiger partial charge in [-0.05, 0) is 47.4 Å². The molecule has 4 aromatic rings. The van der Waals surface area contributed by atoms with Gasteiger partial charge in [0.15, 0.2) is 17.3 Å². The number of hydrogen-bond donors (Lipinski definition) is 0. The third kappa shape index (κ3) is 4.23. The summed E-state index contributed by atoms with van der Waals surface area (Å²) >= 11 is 0. The average molecular weight is 513 g/mol. The van der Waals surface area contributed by atoms with Crippen molar-refractivity contribution in [3.05, 3.63) is 83.1 Å². The molecule has 38 heavy (non-hydrogen) atoms. The summed E-state index contributed by atoms with van der Waals surface area (Å²) in [5.74, 6) is 3.46. The Morgan fingerprint density at radius 3 is 2.32 bits per heavy atom. The van der Waals surface area contributed by atoms with Crippen LogP contribution in [0.2, 0.25) is 0 Å². The summed E-state index contributed by atoms with van der Waals surface area (Å²) in [4.78, 5) is 22.9. The fourth-order valence-electron chi connectivity index (χ4n) is 5.20. The normalized spacial score (nSPS) is 18.0. The summed E-state index contributed by atoms with van der Waals surface area (Å²) in [6.45, 7) is 4.33. The number of carbonyl (C=O) groups is 1. The third-order valence-corrected chi connectivity index (χ3v) is 6.98. The maximum atomic E-state index is 13.6. The number of ether oxygens (including phenoxy) is 4. The molecule has 0 amide bonds. The standard InChI is InChI=1S/C29H28N4O5/c1-29(2)13-21(34)25-22(14-29)38-28-26(24(25)17-5-7-18(35-3)8-6-17)27-31-23(32-33(27)16-30-28)15-37-20-11-9-19(36-4)10-12-20/h5-12,16,24H,13-15H2,1-4H3/t24-/m1/s1. The molecule has 0 N–H and O–H groups in total. The Kier molecular flexibility index (Phi) is 5.78. The minimum atomic E-state index is -0.390. The van der Waals surface area contributed by atoms with Crippen LogP contribution in [0.25, 0.3) is 5.65 Å². The number of carbonyl (C=O) groups excluding carboxylic acids is 1. The van der Waals surface area contributed by atoms with Crippen molar-refractivity contribution in [2.45, 2.75) is 39.2 Å². The van der Waals surface area contributed by atoms with Crippen LogP contribution < -0.4 is 18.9 Å². The van der Waals surface area contributed by atoms with E-state index in [4.69, 9.17) is 23.9 Å². The van der Waals surface area contributed by atoms with E-state index >= 15 is 0 Å². The Balaban J connectivity index is 1.42. The smallest absolute Gasteiger partial charge is 0.228 e. The molecule has 1 aliphatic carbocycles. The molecule has 9 nitrogen and oxygen atoms in total. The molecule has 0 radical (unpaired) electrons. The highest BCUT2D eigenvalue weighted by molar-refractivity contribution is 6.00. The van der Waals surface area contributed by atoms with Gasteiger partial charge in [-0.2, -0.15) is 0 Å². The SMILES string of the molecule is COc1ccc(OCc2nc3c4c(ncn3n2)OC2=C(C(=O)CC(C)(C)C2)[C@H]4c2ccc(OC)cc2)cc1. The monoisotopic (exact) mass is 512 g/mol. The van der Waals surface area contributed by atoms with Gasteiger partial charge >= 0.3 is 0 Å². The van der Waals surface area contributed by atoms with Gasteiger partial charge in [0.05, 0.1) is 19.8 Å². The molecular weight excluding hydrogens is 484 g/mol. The zero-order chi connectivity index (χ0) is 26.4. The van der Waals surface area contributed by atoms with Crippen LogP contribution in [-0.4, -0.2) is 39.6 Å². The molecule has 0 saturated heterocycles. The van der Waals surface area contributed by atoms with E-state index in [9.17, 15) is 4.79 Å². The van der Waals surface area contributed by atoms with Crippen LogP contribution in [0, 0.1) is 5.41 Å². The molecule has 194 valence electrons. The number of aromatic nitrogens is 4. The van der Waals surface area contributed by atoms with Crippen molar-refractivity contribution in [1.82, 2.24) is 19.6 Å². The molecular formula is C29H28N4O5. The van der Waals surface area contributed by atoms with Crippen molar-refractivity contribution in [2.24, 2.45) is 5.41 Å². The van der Waals surface area contributed by atoms with Crippen LogP contribution in [0.4, 0.5) is 0 Å². The van der Waals surface area contributed by atoms with Gasteiger partial charge in [0.2, 0.25) is 5.88 Å². The number of Topliss-reactive ketones (excluding diaryl/α,β-unsaturated/α-hetero) is 1. The molecule has 0 bridgehead atoms. The topological polar surface area (TPSA) is 97.1 Å². The lowest BCUT2D eigenvalue weighted by atomic mass is 9.70. The summed E-state index contributed by atoms with van der Waals surface area (Å²) in [5, 5.41) is 4.59. The first-order chi connectivity index (χ1) is 18.3. The fourth-order valence-corrected chi connectivity index (χ4v) is 5.20. The maximum absolute atomic E-state index is 13.6.